The van der Waals surface area contributed by atoms with Crippen LogP contribution in [0.25, 0.3) is 11.4 Å². The highest BCUT2D eigenvalue weighted by Gasteiger charge is 2.30. The summed E-state index contributed by atoms with van der Waals surface area (Å²) < 4.78 is 7.51. The molecule has 1 saturated carbocycles. The SMILES string of the molecule is C=CCn1c(SCc2nc(-c3ccc(C)cc3)no2)nnc1C1CC1. The summed E-state index contributed by atoms with van der Waals surface area (Å²) in [7, 11) is 0. The van der Waals surface area contributed by atoms with E-state index in [0.29, 0.717) is 23.4 Å². The van der Waals surface area contributed by atoms with Crippen molar-refractivity contribution in [3.05, 3.63) is 54.2 Å². The van der Waals surface area contributed by atoms with Crippen LogP contribution in [0.15, 0.2) is 46.6 Å². The lowest BCUT2D eigenvalue weighted by atomic mass is 10.1. The minimum atomic E-state index is 0.554. The average Bonchev–Trinajstić information content (AvgIpc) is 3.22. The summed E-state index contributed by atoms with van der Waals surface area (Å²) in [6.45, 7) is 6.61. The van der Waals surface area contributed by atoms with Crippen molar-refractivity contribution in [1.82, 2.24) is 24.9 Å². The second-order valence-electron chi connectivity index (χ2n) is 6.18. The van der Waals surface area contributed by atoms with E-state index in [-0.39, 0.29) is 0 Å². The maximum absolute atomic E-state index is 5.38. The Bertz CT molecular complexity index is 879. The van der Waals surface area contributed by atoms with Gasteiger partial charge >= 0.3 is 0 Å². The monoisotopic (exact) mass is 353 g/mol. The fraction of sp³-hybridized carbons (Fsp3) is 0.333. The van der Waals surface area contributed by atoms with Gasteiger partial charge in [0.2, 0.25) is 11.7 Å². The van der Waals surface area contributed by atoms with Gasteiger partial charge in [-0.3, -0.25) is 0 Å². The second kappa shape index (κ2) is 6.84. The zero-order valence-electron chi connectivity index (χ0n) is 14.1. The van der Waals surface area contributed by atoms with Crippen molar-refractivity contribution < 1.29 is 4.52 Å². The zero-order chi connectivity index (χ0) is 17.2. The van der Waals surface area contributed by atoms with Crippen LogP contribution in [0.2, 0.25) is 0 Å². The summed E-state index contributed by atoms with van der Waals surface area (Å²) in [5, 5.41) is 13.6. The van der Waals surface area contributed by atoms with E-state index in [1.807, 2.05) is 30.3 Å². The van der Waals surface area contributed by atoms with Crippen molar-refractivity contribution in [2.24, 2.45) is 0 Å². The molecule has 0 radical (unpaired) electrons. The molecule has 2 aromatic heterocycles. The van der Waals surface area contributed by atoms with Crippen LogP contribution < -0.4 is 0 Å². The van der Waals surface area contributed by atoms with E-state index in [4.69, 9.17) is 4.52 Å². The molecule has 0 unspecified atom stereocenters. The van der Waals surface area contributed by atoms with Crippen LogP contribution in [0.1, 0.15) is 36.0 Å². The molecule has 25 heavy (non-hydrogen) atoms. The van der Waals surface area contributed by atoms with E-state index < -0.39 is 0 Å². The van der Waals surface area contributed by atoms with Crippen LogP contribution >= 0.6 is 11.8 Å². The Morgan fingerprint density at radius 3 is 2.80 bits per heavy atom. The molecule has 7 heteroatoms. The maximum Gasteiger partial charge on any atom is 0.237 e. The van der Waals surface area contributed by atoms with E-state index in [0.717, 1.165) is 23.1 Å². The Balaban J connectivity index is 1.47. The zero-order valence-corrected chi connectivity index (χ0v) is 14.9. The third-order valence-corrected chi connectivity index (χ3v) is 5.05. The number of allylic oxidation sites excluding steroid dienone is 1. The van der Waals surface area contributed by atoms with Crippen LogP contribution in [0.3, 0.4) is 0 Å². The molecule has 0 amide bonds. The van der Waals surface area contributed by atoms with Gasteiger partial charge in [0.15, 0.2) is 5.16 Å². The predicted molar refractivity (Wildman–Crippen MR) is 96.2 cm³/mol. The standard InChI is InChI=1S/C18H19N5OS/c1-3-10-23-17(14-8-9-14)20-21-18(23)25-11-15-19-16(22-24-15)13-6-4-12(2)5-7-13/h3-7,14H,1,8-11H2,2H3. The molecule has 0 aliphatic heterocycles. The van der Waals surface area contributed by atoms with Crippen molar-refractivity contribution in [1.29, 1.82) is 0 Å². The van der Waals surface area contributed by atoms with Gasteiger partial charge in [0.25, 0.3) is 0 Å². The van der Waals surface area contributed by atoms with Gasteiger partial charge in [0.05, 0.1) is 5.75 Å². The van der Waals surface area contributed by atoms with Crippen molar-refractivity contribution in [3.8, 4) is 11.4 Å². The Morgan fingerprint density at radius 2 is 2.08 bits per heavy atom. The predicted octanol–water partition coefficient (Wildman–Crippen LogP) is 3.99. The highest BCUT2D eigenvalue weighted by Crippen LogP contribution is 2.40. The molecule has 0 N–H and O–H groups in total. The summed E-state index contributed by atoms with van der Waals surface area (Å²) in [6.07, 6.45) is 4.27. The number of hydrogen-bond acceptors (Lipinski definition) is 6. The first kappa shape index (κ1) is 16.1. The normalized spacial score (nSPS) is 14.0. The van der Waals surface area contributed by atoms with E-state index in [1.54, 1.807) is 11.8 Å². The van der Waals surface area contributed by atoms with Crippen LogP contribution in [0.4, 0.5) is 0 Å². The molecule has 1 fully saturated rings. The van der Waals surface area contributed by atoms with E-state index >= 15 is 0 Å². The average molecular weight is 353 g/mol. The van der Waals surface area contributed by atoms with Gasteiger partial charge in [-0.25, -0.2) is 0 Å². The molecule has 1 aliphatic rings. The van der Waals surface area contributed by atoms with Gasteiger partial charge in [0, 0.05) is 18.0 Å². The molecule has 0 bridgehead atoms. The molecule has 128 valence electrons. The lowest BCUT2D eigenvalue weighted by Crippen LogP contribution is -2.02. The van der Waals surface area contributed by atoms with Crippen LogP contribution in [-0.4, -0.2) is 24.9 Å². The molecule has 0 atom stereocenters. The molecule has 4 rings (SSSR count). The summed E-state index contributed by atoms with van der Waals surface area (Å²) in [5.74, 6) is 3.38. The summed E-state index contributed by atoms with van der Waals surface area (Å²) in [4.78, 5) is 4.48. The molecule has 1 aromatic carbocycles. The number of hydrogen-bond donors (Lipinski definition) is 0. The third kappa shape index (κ3) is 3.51. The van der Waals surface area contributed by atoms with Crippen molar-refractivity contribution in [3.63, 3.8) is 0 Å². The molecule has 2 heterocycles. The highest BCUT2D eigenvalue weighted by molar-refractivity contribution is 7.98. The van der Waals surface area contributed by atoms with Gasteiger partial charge < -0.3 is 9.09 Å². The van der Waals surface area contributed by atoms with E-state index in [2.05, 4.69) is 38.4 Å². The van der Waals surface area contributed by atoms with Gasteiger partial charge in [-0.15, -0.1) is 16.8 Å². The van der Waals surface area contributed by atoms with Crippen LogP contribution in [-0.2, 0) is 12.3 Å². The minimum absolute atomic E-state index is 0.554. The fourth-order valence-corrected chi connectivity index (χ4v) is 3.40. The first-order chi connectivity index (χ1) is 12.2. The molecule has 3 aromatic rings. The highest BCUT2D eigenvalue weighted by atomic mass is 32.2. The Hall–Kier alpha value is -2.41. The Kier molecular flexibility index (Phi) is 4.40. The number of aromatic nitrogens is 5. The molecule has 0 saturated heterocycles. The van der Waals surface area contributed by atoms with Gasteiger partial charge in [0.1, 0.15) is 5.82 Å². The summed E-state index contributed by atoms with van der Waals surface area (Å²) in [5.41, 5.74) is 2.16. The van der Waals surface area contributed by atoms with E-state index in [9.17, 15) is 0 Å². The third-order valence-electron chi connectivity index (χ3n) is 4.10. The van der Waals surface area contributed by atoms with Crippen molar-refractivity contribution >= 4 is 11.8 Å². The first-order valence-electron chi connectivity index (χ1n) is 8.31. The number of benzene rings is 1. The smallest absolute Gasteiger partial charge is 0.237 e. The second-order valence-corrected chi connectivity index (χ2v) is 7.12. The van der Waals surface area contributed by atoms with E-state index in [1.165, 1.54) is 18.4 Å². The maximum atomic E-state index is 5.38. The van der Waals surface area contributed by atoms with Crippen molar-refractivity contribution in [2.45, 2.75) is 43.1 Å². The topological polar surface area (TPSA) is 69.6 Å². The fourth-order valence-electron chi connectivity index (χ4n) is 2.61. The lowest BCUT2D eigenvalue weighted by Gasteiger charge is -2.05. The number of rotatable bonds is 7. The van der Waals surface area contributed by atoms with Gasteiger partial charge in [-0.1, -0.05) is 52.8 Å². The van der Waals surface area contributed by atoms with Gasteiger partial charge in [-0.05, 0) is 19.8 Å². The molecular formula is C18H19N5OS. The largest absolute Gasteiger partial charge is 0.338 e. The Labute approximate surface area is 150 Å². The van der Waals surface area contributed by atoms with Crippen LogP contribution in [0, 0.1) is 6.92 Å². The quantitative estimate of drug-likeness (QED) is 0.472. The van der Waals surface area contributed by atoms with Crippen LogP contribution in [0.5, 0.6) is 0 Å². The molecule has 6 nitrogen and oxygen atoms in total. The molecular weight excluding hydrogens is 334 g/mol. The minimum Gasteiger partial charge on any atom is -0.338 e. The number of nitrogens with zero attached hydrogens (tertiary/aromatic N) is 5. The summed E-state index contributed by atoms with van der Waals surface area (Å²) in [6, 6.07) is 8.08. The molecule has 1 aliphatic carbocycles. The lowest BCUT2D eigenvalue weighted by molar-refractivity contribution is 0.391. The Morgan fingerprint density at radius 1 is 1.28 bits per heavy atom. The number of thioether (sulfide) groups is 1. The van der Waals surface area contributed by atoms with Crippen molar-refractivity contribution in [2.75, 3.05) is 0 Å². The number of aryl methyl sites for hydroxylation is 1. The summed E-state index contributed by atoms with van der Waals surface area (Å²) >= 11 is 1.56. The molecule has 0 spiro atoms. The first-order valence-corrected chi connectivity index (χ1v) is 9.29. The van der Waals surface area contributed by atoms with Gasteiger partial charge in [-0.2, -0.15) is 4.98 Å².